The van der Waals surface area contributed by atoms with Crippen molar-refractivity contribution in [1.29, 1.82) is 0 Å². The molecule has 6 heteroatoms. The first-order chi connectivity index (χ1) is 5.72. The van der Waals surface area contributed by atoms with E-state index in [-0.39, 0.29) is 0 Å². The van der Waals surface area contributed by atoms with Gasteiger partial charge in [0, 0.05) is 0 Å². The van der Waals surface area contributed by atoms with Gasteiger partial charge < -0.3 is 10.8 Å². The van der Waals surface area contributed by atoms with Gasteiger partial charge in [0.05, 0.1) is 0 Å². The third-order valence-electron chi connectivity index (χ3n) is 1.47. The van der Waals surface area contributed by atoms with Gasteiger partial charge in [0.1, 0.15) is 15.1 Å². The van der Waals surface area contributed by atoms with Crippen LogP contribution in [0.1, 0.15) is 19.3 Å². The molecule has 0 saturated heterocycles. The Bertz CT molecular complexity index is 137. The average molecular weight is 196 g/mol. The Kier molecular flexibility index (Phi) is 7.25. The molecule has 0 aliphatic rings. The number of nitrogens with two attached hydrogens (primary N) is 1. The van der Waals surface area contributed by atoms with Gasteiger partial charge in [0.2, 0.25) is 0 Å². The molecule has 0 aliphatic heterocycles. The second kappa shape index (κ2) is 7.40. The van der Waals surface area contributed by atoms with Crippen molar-refractivity contribution in [2.24, 2.45) is 5.73 Å². The maximum absolute atomic E-state index is 11.7. The fraction of sp³-hybridized carbons (Fsp3) is 0.833. The van der Waals surface area contributed by atoms with E-state index in [1.807, 2.05) is 0 Å². The molecule has 0 saturated carbocycles. The molecule has 1 unspecified atom stereocenters. The van der Waals surface area contributed by atoms with Gasteiger partial charge in [-0.2, -0.15) is 0 Å². The largest absolute Gasteiger partial charge is 0.480 e. The van der Waals surface area contributed by atoms with Crippen molar-refractivity contribution >= 4 is 15.0 Å². The zero-order valence-electron chi connectivity index (χ0n) is 6.72. The van der Waals surface area contributed by atoms with Gasteiger partial charge >= 0.3 is 5.97 Å². The summed E-state index contributed by atoms with van der Waals surface area (Å²) in [5.41, 5.74) is 5.22. The normalized spacial score (nSPS) is 13.8. The first-order valence-electron chi connectivity index (χ1n) is 3.76. The van der Waals surface area contributed by atoms with Gasteiger partial charge in [-0.05, 0) is 19.4 Å². The van der Waals surface area contributed by atoms with Crippen LogP contribution in [-0.2, 0) is 4.79 Å². The van der Waals surface area contributed by atoms with Gasteiger partial charge in [-0.15, -0.1) is 0 Å². The van der Waals surface area contributed by atoms with Gasteiger partial charge in [-0.25, -0.2) is 4.20 Å². The minimum absolute atomic E-state index is 0.434. The highest BCUT2D eigenvalue weighted by atomic mass is 31.1. The lowest BCUT2D eigenvalue weighted by molar-refractivity contribution is -0.139. The number of carboxylic acid groups (broad SMARTS) is 1. The van der Waals surface area contributed by atoms with Crippen molar-refractivity contribution in [2.75, 3.05) is 6.54 Å². The van der Waals surface area contributed by atoms with Crippen LogP contribution in [0.5, 0.6) is 0 Å². The van der Waals surface area contributed by atoms with E-state index < -0.39 is 21.1 Å². The van der Waals surface area contributed by atoms with Crippen molar-refractivity contribution in [1.82, 2.24) is 5.09 Å². The number of rotatable bonds is 7. The van der Waals surface area contributed by atoms with E-state index in [0.717, 1.165) is 6.42 Å². The van der Waals surface area contributed by atoms with E-state index in [2.05, 4.69) is 5.09 Å². The van der Waals surface area contributed by atoms with Gasteiger partial charge in [-0.3, -0.25) is 9.88 Å². The highest BCUT2D eigenvalue weighted by molar-refractivity contribution is 7.29. The Morgan fingerprint density at radius 1 is 1.67 bits per heavy atom. The highest BCUT2D eigenvalue weighted by Gasteiger charge is 2.15. The van der Waals surface area contributed by atoms with Gasteiger partial charge in [0.25, 0.3) is 0 Å². The van der Waals surface area contributed by atoms with Crippen LogP contribution in [0.3, 0.4) is 0 Å². The molecular weight excluding hydrogens is 182 g/mol. The van der Waals surface area contributed by atoms with E-state index in [0.29, 0.717) is 19.4 Å². The van der Waals surface area contributed by atoms with E-state index >= 15 is 0 Å². The molecule has 0 aromatic heterocycles. The average Bonchev–Trinajstić information content (AvgIpc) is 2.03. The Hall–Kier alpha value is -0.250. The van der Waals surface area contributed by atoms with Crippen LogP contribution in [0.2, 0.25) is 0 Å². The van der Waals surface area contributed by atoms with Gasteiger partial charge in [-0.1, -0.05) is 6.42 Å². The van der Waals surface area contributed by atoms with Crippen LogP contribution in [0.25, 0.3) is 0 Å². The molecule has 4 N–H and O–H groups in total. The summed E-state index contributed by atoms with van der Waals surface area (Å²) in [6, 6.07) is -0.764. The third-order valence-corrected chi connectivity index (χ3v) is 1.93. The molecule has 0 radical (unpaired) electrons. The number of nitrogens with one attached hydrogen (secondary N) is 1. The number of aliphatic carboxylic acids is 1. The lowest BCUT2D eigenvalue weighted by atomic mass is 10.1. The fourth-order valence-corrected chi connectivity index (χ4v) is 1.22. The second-order valence-corrected chi connectivity index (χ2v) is 2.89. The smallest absolute Gasteiger partial charge is 0.321 e. The van der Waals surface area contributed by atoms with E-state index in [1.165, 1.54) is 0 Å². The van der Waals surface area contributed by atoms with Crippen LogP contribution >= 0.6 is 9.04 Å². The summed E-state index contributed by atoms with van der Waals surface area (Å²) >= 11 is 0. The van der Waals surface area contributed by atoms with Gasteiger partial charge in [0.15, 0.2) is 0 Å². The van der Waals surface area contributed by atoms with Crippen LogP contribution < -0.4 is 10.8 Å². The molecule has 0 rings (SSSR count). The summed E-state index contributed by atoms with van der Waals surface area (Å²) in [5, 5.41) is 10.8. The Balaban J connectivity index is 3.56. The Morgan fingerprint density at radius 2 is 2.33 bits per heavy atom. The molecular formula is C6H14FN2O2P. The summed E-state index contributed by atoms with van der Waals surface area (Å²) in [7, 11) is -1.02. The summed E-state index contributed by atoms with van der Waals surface area (Å²) in [4.78, 5) is 10.4. The fourth-order valence-electron chi connectivity index (χ4n) is 0.816. The van der Waals surface area contributed by atoms with Crippen molar-refractivity contribution in [2.45, 2.75) is 25.3 Å². The van der Waals surface area contributed by atoms with E-state index in [9.17, 15) is 8.99 Å². The topological polar surface area (TPSA) is 75.3 Å². The number of hydrogen-bond acceptors (Lipinski definition) is 3. The molecule has 0 amide bonds. The summed E-state index contributed by atoms with van der Waals surface area (Å²) in [6.07, 6.45) is 1.93. The van der Waals surface area contributed by atoms with Crippen molar-refractivity contribution in [3.05, 3.63) is 0 Å². The lowest BCUT2D eigenvalue weighted by Gasteiger charge is -2.10. The first-order valence-corrected chi connectivity index (χ1v) is 4.64. The minimum Gasteiger partial charge on any atom is -0.480 e. The molecule has 12 heavy (non-hydrogen) atoms. The second-order valence-electron chi connectivity index (χ2n) is 2.41. The van der Waals surface area contributed by atoms with E-state index in [1.54, 1.807) is 0 Å². The predicted molar refractivity (Wildman–Crippen MR) is 46.9 cm³/mol. The SMILES string of the molecule is NCCCC[C@H](NPF)C(=O)O. The number of unbranched alkanes of at least 4 members (excludes halogenated alkanes) is 1. The monoisotopic (exact) mass is 196 g/mol. The summed E-state index contributed by atoms with van der Waals surface area (Å²) in [5.74, 6) is -1.00. The zero-order chi connectivity index (χ0) is 9.40. The molecule has 72 valence electrons. The lowest BCUT2D eigenvalue weighted by Crippen LogP contribution is -2.30. The number of halogens is 1. The molecule has 0 bridgehead atoms. The zero-order valence-corrected chi connectivity index (χ0v) is 7.72. The molecule has 0 fully saturated rings. The maximum Gasteiger partial charge on any atom is 0.321 e. The van der Waals surface area contributed by atoms with Crippen LogP contribution in [0.4, 0.5) is 4.20 Å². The standard InChI is InChI=1S/C6H14FN2O2P/c7-12-9-5(6(10)11)3-1-2-4-8/h5,9,12H,1-4,8H2,(H,10,11)/t5-/m0/s1. The molecule has 0 aromatic rings. The maximum atomic E-state index is 11.7. The number of carbonyl (C=O) groups is 1. The minimum atomic E-state index is -1.02. The summed E-state index contributed by atoms with van der Waals surface area (Å²) in [6.45, 7) is 0.546. The third kappa shape index (κ3) is 5.41. The molecule has 4 nitrogen and oxygen atoms in total. The van der Waals surface area contributed by atoms with E-state index in [4.69, 9.17) is 10.8 Å². The number of hydrogen-bond donors (Lipinski definition) is 3. The Labute approximate surface area is 72.7 Å². The first kappa shape index (κ1) is 11.8. The van der Waals surface area contributed by atoms with Crippen molar-refractivity contribution in [3.8, 4) is 0 Å². The highest BCUT2D eigenvalue weighted by Crippen LogP contribution is 2.09. The quantitative estimate of drug-likeness (QED) is 0.412. The molecule has 0 aliphatic carbocycles. The predicted octanol–water partition coefficient (Wildman–Crippen LogP) is 0.636. The number of carboxylic acids is 1. The summed E-state index contributed by atoms with van der Waals surface area (Å²) < 4.78 is 11.7. The van der Waals surface area contributed by atoms with Crippen LogP contribution in [-0.4, -0.2) is 23.7 Å². The Morgan fingerprint density at radius 3 is 2.75 bits per heavy atom. The molecule has 0 heterocycles. The molecule has 2 atom stereocenters. The molecule has 0 aromatic carbocycles. The van der Waals surface area contributed by atoms with Crippen LogP contribution in [0.15, 0.2) is 0 Å². The van der Waals surface area contributed by atoms with Crippen molar-refractivity contribution in [3.63, 3.8) is 0 Å². The van der Waals surface area contributed by atoms with Crippen molar-refractivity contribution < 1.29 is 14.1 Å². The molecule has 0 spiro atoms. The van der Waals surface area contributed by atoms with Crippen LogP contribution in [0, 0.1) is 0 Å².